The maximum Gasteiger partial charge on any atom is 0.307 e. The monoisotopic (exact) mass is 316 g/mol. The van der Waals surface area contributed by atoms with Gasteiger partial charge in [-0.2, -0.15) is 0 Å². The van der Waals surface area contributed by atoms with Gasteiger partial charge in [0.1, 0.15) is 6.54 Å². The summed E-state index contributed by atoms with van der Waals surface area (Å²) in [6.07, 6.45) is 3.41. The second kappa shape index (κ2) is 6.08. The number of benzene rings is 1. The minimum absolute atomic E-state index is 0.0749. The zero-order valence-corrected chi connectivity index (χ0v) is 13.5. The van der Waals surface area contributed by atoms with Crippen molar-refractivity contribution in [1.29, 1.82) is 0 Å². The van der Waals surface area contributed by atoms with Crippen LogP contribution in [-0.2, 0) is 16.8 Å². The number of amides is 1. The van der Waals surface area contributed by atoms with Crippen molar-refractivity contribution in [2.75, 3.05) is 6.54 Å². The number of nitrogens with zero attached hydrogens (tertiary/aromatic N) is 1. The summed E-state index contributed by atoms with van der Waals surface area (Å²) in [5, 5.41) is 4.81. The first kappa shape index (κ1) is 15.0. The third kappa shape index (κ3) is 2.86. The summed E-state index contributed by atoms with van der Waals surface area (Å²) in [5.74, 6) is -0.0918. The van der Waals surface area contributed by atoms with E-state index in [2.05, 4.69) is 17.4 Å². The number of aryl methyl sites for hydroxylation is 1. The predicted molar refractivity (Wildman–Crippen MR) is 88.3 cm³/mol. The lowest BCUT2D eigenvalue weighted by atomic mass is 9.64. The number of carbonyl (C=O) groups excluding carboxylic acids is 1. The van der Waals surface area contributed by atoms with Crippen molar-refractivity contribution >= 4 is 17.2 Å². The molecule has 0 spiro atoms. The number of aromatic nitrogens is 1. The Labute approximate surface area is 133 Å². The summed E-state index contributed by atoms with van der Waals surface area (Å²) >= 11 is 1.14. The highest BCUT2D eigenvalue weighted by molar-refractivity contribution is 7.07. The van der Waals surface area contributed by atoms with E-state index < -0.39 is 0 Å². The van der Waals surface area contributed by atoms with Gasteiger partial charge in [0.15, 0.2) is 0 Å². The fourth-order valence-electron chi connectivity index (χ4n) is 3.03. The van der Waals surface area contributed by atoms with Crippen molar-refractivity contribution in [2.24, 2.45) is 0 Å². The van der Waals surface area contributed by atoms with Crippen LogP contribution in [0.25, 0.3) is 0 Å². The van der Waals surface area contributed by atoms with Gasteiger partial charge < -0.3 is 5.32 Å². The molecule has 116 valence electrons. The Morgan fingerprint density at radius 3 is 2.59 bits per heavy atom. The van der Waals surface area contributed by atoms with Gasteiger partial charge in [0.25, 0.3) is 0 Å². The predicted octanol–water partition coefficient (Wildman–Crippen LogP) is 2.46. The molecule has 2 aromatic rings. The van der Waals surface area contributed by atoms with E-state index in [9.17, 15) is 9.59 Å². The molecule has 0 atom stereocenters. The molecule has 0 saturated heterocycles. The lowest BCUT2D eigenvalue weighted by Crippen LogP contribution is -2.46. The lowest BCUT2D eigenvalue weighted by molar-refractivity contribution is -0.122. The van der Waals surface area contributed by atoms with E-state index in [-0.39, 0.29) is 22.7 Å². The third-order valence-corrected chi connectivity index (χ3v) is 5.48. The molecule has 5 heteroatoms. The first-order valence-electron chi connectivity index (χ1n) is 7.58. The van der Waals surface area contributed by atoms with Gasteiger partial charge in [-0.1, -0.05) is 48.1 Å². The first-order chi connectivity index (χ1) is 10.6. The van der Waals surface area contributed by atoms with E-state index in [1.54, 1.807) is 5.38 Å². The van der Waals surface area contributed by atoms with Crippen molar-refractivity contribution in [1.82, 2.24) is 9.88 Å². The van der Waals surface area contributed by atoms with E-state index in [0.717, 1.165) is 29.9 Å². The minimum atomic E-state index is -0.0918. The maximum absolute atomic E-state index is 12.2. The van der Waals surface area contributed by atoms with E-state index in [0.29, 0.717) is 6.54 Å². The zero-order valence-electron chi connectivity index (χ0n) is 12.7. The Morgan fingerprint density at radius 1 is 1.32 bits per heavy atom. The van der Waals surface area contributed by atoms with Crippen LogP contribution < -0.4 is 10.2 Å². The van der Waals surface area contributed by atoms with Crippen molar-refractivity contribution in [3.8, 4) is 0 Å². The van der Waals surface area contributed by atoms with Crippen LogP contribution in [0.4, 0.5) is 0 Å². The molecule has 0 unspecified atom stereocenters. The molecule has 0 radical (unpaired) electrons. The van der Waals surface area contributed by atoms with E-state index >= 15 is 0 Å². The minimum Gasteiger partial charge on any atom is -0.354 e. The molecule has 1 N–H and O–H groups in total. The number of nitrogens with one attached hydrogen (secondary N) is 1. The number of rotatable bonds is 5. The van der Waals surface area contributed by atoms with Gasteiger partial charge in [0.2, 0.25) is 5.91 Å². The average molecular weight is 316 g/mol. The van der Waals surface area contributed by atoms with Gasteiger partial charge >= 0.3 is 4.87 Å². The largest absolute Gasteiger partial charge is 0.354 e. The smallest absolute Gasteiger partial charge is 0.307 e. The maximum atomic E-state index is 12.2. The molecule has 1 saturated carbocycles. The van der Waals surface area contributed by atoms with Crippen molar-refractivity contribution in [3.63, 3.8) is 0 Å². The Morgan fingerprint density at radius 2 is 2.05 bits per heavy atom. The van der Waals surface area contributed by atoms with E-state index in [1.807, 2.05) is 25.1 Å². The highest BCUT2D eigenvalue weighted by Gasteiger charge is 2.38. The SMILES string of the molecule is Cc1csc(=O)n1CC(=O)NCC1(c2ccccc2)CCC1. The molecular weight excluding hydrogens is 296 g/mol. The molecule has 1 fully saturated rings. The van der Waals surface area contributed by atoms with Crippen molar-refractivity contribution < 1.29 is 4.79 Å². The van der Waals surface area contributed by atoms with Crippen LogP contribution in [0.15, 0.2) is 40.5 Å². The van der Waals surface area contributed by atoms with Crippen LogP contribution in [-0.4, -0.2) is 17.0 Å². The highest BCUT2D eigenvalue weighted by atomic mass is 32.1. The Bertz CT molecular complexity index is 714. The molecule has 1 aromatic carbocycles. The average Bonchev–Trinajstić information content (AvgIpc) is 2.79. The molecule has 1 heterocycles. The molecule has 0 aliphatic heterocycles. The zero-order chi connectivity index (χ0) is 15.6. The van der Waals surface area contributed by atoms with Crippen LogP contribution >= 0.6 is 11.3 Å². The summed E-state index contributed by atoms with van der Waals surface area (Å²) in [6, 6.07) is 10.4. The Kier molecular flexibility index (Phi) is 4.16. The van der Waals surface area contributed by atoms with Crippen molar-refractivity contribution in [3.05, 3.63) is 56.6 Å². The third-order valence-electron chi connectivity index (χ3n) is 4.60. The summed E-state index contributed by atoms with van der Waals surface area (Å²) in [4.78, 5) is 23.8. The molecule has 1 aromatic heterocycles. The molecule has 1 aliphatic carbocycles. The van der Waals surface area contributed by atoms with Crippen LogP contribution in [0.3, 0.4) is 0 Å². The normalized spacial score (nSPS) is 16.0. The number of hydrogen-bond acceptors (Lipinski definition) is 3. The van der Waals surface area contributed by atoms with E-state index in [1.165, 1.54) is 16.6 Å². The van der Waals surface area contributed by atoms with Gasteiger partial charge in [-0.3, -0.25) is 14.2 Å². The van der Waals surface area contributed by atoms with Gasteiger partial charge in [-0.15, -0.1) is 0 Å². The lowest BCUT2D eigenvalue weighted by Gasteiger charge is -2.42. The summed E-state index contributed by atoms with van der Waals surface area (Å²) in [7, 11) is 0. The molecule has 1 aliphatic rings. The number of hydrogen-bond donors (Lipinski definition) is 1. The van der Waals surface area contributed by atoms with Gasteiger partial charge in [-0.05, 0) is 25.3 Å². The van der Waals surface area contributed by atoms with Crippen LogP contribution in [0.5, 0.6) is 0 Å². The summed E-state index contributed by atoms with van der Waals surface area (Å²) in [6.45, 7) is 2.61. The fraction of sp³-hybridized carbons (Fsp3) is 0.412. The molecule has 3 rings (SSSR count). The van der Waals surface area contributed by atoms with Crippen LogP contribution in [0, 0.1) is 6.92 Å². The van der Waals surface area contributed by atoms with Gasteiger partial charge in [-0.25, -0.2) is 0 Å². The van der Waals surface area contributed by atoms with Crippen LogP contribution in [0.2, 0.25) is 0 Å². The quantitative estimate of drug-likeness (QED) is 0.921. The van der Waals surface area contributed by atoms with Gasteiger partial charge in [0, 0.05) is 23.0 Å². The number of thiazole rings is 1. The second-order valence-corrected chi connectivity index (χ2v) is 6.83. The number of carbonyl (C=O) groups is 1. The van der Waals surface area contributed by atoms with E-state index in [4.69, 9.17) is 0 Å². The molecular formula is C17H20N2O2S. The highest BCUT2D eigenvalue weighted by Crippen LogP contribution is 2.43. The molecule has 1 amide bonds. The Hall–Kier alpha value is -1.88. The first-order valence-corrected chi connectivity index (χ1v) is 8.46. The van der Waals surface area contributed by atoms with Crippen LogP contribution in [0.1, 0.15) is 30.5 Å². The topological polar surface area (TPSA) is 51.1 Å². The molecule has 22 heavy (non-hydrogen) atoms. The fourth-order valence-corrected chi connectivity index (χ4v) is 3.76. The second-order valence-electron chi connectivity index (χ2n) is 6.01. The Balaban J connectivity index is 1.64. The summed E-state index contributed by atoms with van der Waals surface area (Å²) < 4.78 is 1.52. The molecule has 4 nitrogen and oxygen atoms in total. The van der Waals surface area contributed by atoms with Crippen molar-refractivity contribution in [2.45, 2.75) is 38.1 Å². The summed E-state index contributed by atoms with van der Waals surface area (Å²) in [5.41, 5.74) is 2.21. The molecule has 0 bridgehead atoms. The van der Waals surface area contributed by atoms with Gasteiger partial charge in [0.05, 0.1) is 0 Å². The standard InChI is InChI=1S/C17H20N2O2S/c1-13-11-22-16(21)19(13)10-15(20)18-12-17(8-5-9-17)14-6-3-2-4-7-14/h2-4,6-7,11H,5,8-10,12H2,1H3,(H,18,20).